The molecule has 0 aliphatic rings. The van der Waals surface area contributed by atoms with Crippen LogP contribution in [0.4, 0.5) is 5.69 Å². The number of hydrogen-bond donors (Lipinski definition) is 2. The van der Waals surface area contributed by atoms with E-state index in [-0.39, 0.29) is 11.0 Å². The molecule has 2 N–H and O–H groups in total. The van der Waals surface area contributed by atoms with Crippen molar-refractivity contribution in [1.82, 2.24) is 10.3 Å². The van der Waals surface area contributed by atoms with E-state index < -0.39 is 0 Å². The van der Waals surface area contributed by atoms with E-state index in [1.165, 1.54) is 0 Å². The summed E-state index contributed by atoms with van der Waals surface area (Å²) in [4.78, 5) is 17.8. The summed E-state index contributed by atoms with van der Waals surface area (Å²) < 4.78 is 2.02. The number of benzene rings is 4. The summed E-state index contributed by atoms with van der Waals surface area (Å²) in [5.41, 5.74) is 3.08. The second-order valence-corrected chi connectivity index (χ2v) is 9.99. The zero-order valence-electron chi connectivity index (χ0n) is 16.9. The number of anilines is 1. The van der Waals surface area contributed by atoms with Crippen LogP contribution in [0.5, 0.6) is 0 Å². The number of halogens is 2. The summed E-state index contributed by atoms with van der Waals surface area (Å²) in [7, 11) is 0. The molecule has 0 bridgehead atoms. The summed E-state index contributed by atoms with van der Waals surface area (Å²) in [5.74, 6) is -0.306. The minimum Gasteiger partial charge on any atom is -0.332 e. The van der Waals surface area contributed by atoms with Crippen LogP contribution >= 0.6 is 51.1 Å². The number of amides is 1. The van der Waals surface area contributed by atoms with Gasteiger partial charge in [0.05, 0.1) is 15.9 Å². The third-order valence-electron chi connectivity index (χ3n) is 5.09. The first-order valence-corrected chi connectivity index (χ1v) is 12.3. The van der Waals surface area contributed by atoms with Crippen LogP contribution in [0.3, 0.4) is 0 Å². The molecular formula is C25H15BrClN3OS2. The van der Waals surface area contributed by atoms with E-state index in [0.717, 1.165) is 41.7 Å². The number of nitrogens with one attached hydrogen (secondary N) is 2. The average molecular weight is 553 g/mol. The predicted molar refractivity (Wildman–Crippen MR) is 145 cm³/mol. The Morgan fingerprint density at radius 1 is 0.970 bits per heavy atom. The molecule has 1 aromatic heterocycles. The molecule has 5 aromatic rings. The molecule has 4 nitrogen and oxygen atoms in total. The normalized spacial score (nSPS) is 11.0. The molecule has 4 aromatic carbocycles. The van der Waals surface area contributed by atoms with Crippen LogP contribution in [0.2, 0.25) is 5.02 Å². The van der Waals surface area contributed by atoms with Gasteiger partial charge in [0.1, 0.15) is 5.01 Å². The van der Waals surface area contributed by atoms with Crippen molar-refractivity contribution in [2.75, 3.05) is 5.32 Å². The predicted octanol–water partition coefficient (Wildman–Crippen LogP) is 7.66. The lowest BCUT2D eigenvalue weighted by Crippen LogP contribution is -2.34. The maximum atomic E-state index is 13.0. The van der Waals surface area contributed by atoms with Gasteiger partial charge in [0, 0.05) is 26.0 Å². The highest BCUT2D eigenvalue weighted by molar-refractivity contribution is 9.10. The summed E-state index contributed by atoms with van der Waals surface area (Å²) in [6.45, 7) is 0. The zero-order valence-corrected chi connectivity index (χ0v) is 20.9. The van der Waals surface area contributed by atoms with Crippen LogP contribution in [0.25, 0.3) is 31.6 Å². The van der Waals surface area contributed by atoms with Crippen molar-refractivity contribution in [2.24, 2.45) is 0 Å². The van der Waals surface area contributed by atoms with E-state index in [0.29, 0.717) is 10.6 Å². The first-order valence-electron chi connectivity index (χ1n) is 9.95. The Balaban J connectivity index is 1.42. The highest BCUT2D eigenvalue weighted by Gasteiger charge is 2.15. The third-order valence-corrected chi connectivity index (χ3v) is 7.19. The molecule has 162 valence electrons. The molecule has 0 atom stereocenters. The smallest absolute Gasteiger partial charge is 0.258 e. The van der Waals surface area contributed by atoms with Crippen LogP contribution in [0.1, 0.15) is 10.4 Å². The largest absolute Gasteiger partial charge is 0.332 e. The number of rotatable bonds is 3. The van der Waals surface area contributed by atoms with Gasteiger partial charge in [-0.3, -0.25) is 10.1 Å². The Bertz CT molecular complexity index is 1520. The molecule has 0 unspecified atom stereocenters. The quantitative estimate of drug-likeness (QED) is 0.226. The summed E-state index contributed by atoms with van der Waals surface area (Å²) in [6.07, 6.45) is 0. The van der Waals surface area contributed by atoms with Crippen LogP contribution in [0.15, 0.2) is 83.3 Å². The molecule has 0 saturated heterocycles. The second-order valence-electron chi connectivity index (χ2n) is 7.23. The molecule has 0 aliphatic carbocycles. The Hall–Kier alpha value is -2.84. The van der Waals surface area contributed by atoms with Gasteiger partial charge in [-0.1, -0.05) is 63.9 Å². The van der Waals surface area contributed by atoms with E-state index in [1.807, 2.05) is 60.7 Å². The molecule has 0 fully saturated rings. The Labute approximate surface area is 212 Å². The Morgan fingerprint density at radius 2 is 1.76 bits per heavy atom. The molecule has 0 radical (unpaired) electrons. The Kier molecular flexibility index (Phi) is 6.12. The monoisotopic (exact) mass is 551 g/mol. The molecule has 0 saturated carbocycles. The number of nitrogens with zero attached hydrogens (tertiary/aromatic N) is 1. The lowest BCUT2D eigenvalue weighted by molar-refractivity contribution is 0.0979. The fraction of sp³-hybridized carbons (Fsp3) is 0. The fourth-order valence-corrected chi connectivity index (χ4v) is 5.38. The molecular weight excluding hydrogens is 538 g/mol. The number of thiazole rings is 1. The van der Waals surface area contributed by atoms with E-state index in [4.69, 9.17) is 28.8 Å². The Morgan fingerprint density at radius 3 is 2.61 bits per heavy atom. The molecule has 1 heterocycles. The zero-order chi connectivity index (χ0) is 22.9. The summed E-state index contributed by atoms with van der Waals surface area (Å²) >= 11 is 16.9. The van der Waals surface area contributed by atoms with Gasteiger partial charge >= 0.3 is 0 Å². The molecule has 33 heavy (non-hydrogen) atoms. The van der Waals surface area contributed by atoms with Crippen LogP contribution < -0.4 is 10.6 Å². The number of aromatic nitrogens is 1. The van der Waals surface area contributed by atoms with Crippen molar-refractivity contribution in [3.8, 4) is 10.6 Å². The maximum Gasteiger partial charge on any atom is 0.258 e. The van der Waals surface area contributed by atoms with Crippen molar-refractivity contribution >= 4 is 88.8 Å². The van der Waals surface area contributed by atoms with E-state index in [9.17, 15) is 4.79 Å². The number of carbonyl (C=O) groups is 1. The van der Waals surface area contributed by atoms with Crippen molar-refractivity contribution in [1.29, 1.82) is 0 Å². The van der Waals surface area contributed by atoms with E-state index >= 15 is 0 Å². The van der Waals surface area contributed by atoms with E-state index in [2.05, 4.69) is 26.6 Å². The van der Waals surface area contributed by atoms with Crippen LogP contribution in [0, 0.1) is 0 Å². The van der Waals surface area contributed by atoms with Crippen LogP contribution in [-0.4, -0.2) is 16.0 Å². The van der Waals surface area contributed by atoms with Gasteiger partial charge in [-0.25, -0.2) is 4.98 Å². The lowest BCUT2D eigenvalue weighted by atomic mass is 10.0. The van der Waals surface area contributed by atoms with Gasteiger partial charge in [0.25, 0.3) is 5.91 Å². The average Bonchev–Trinajstić information content (AvgIpc) is 3.24. The maximum absolute atomic E-state index is 13.0. The first-order chi connectivity index (χ1) is 16.0. The summed E-state index contributed by atoms with van der Waals surface area (Å²) in [5, 5.41) is 9.18. The van der Waals surface area contributed by atoms with Gasteiger partial charge in [0.15, 0.2) is 5.11 Å². The van der Waals surface area contributed by atoms with Gasteiger partial charge in [0.2, 0.25) is 0 Å². The number of carbonyl (C=O) groups excluding carboxylic acids is 1. The number of thiocarbonyl (C=S) groups is 1. The minimum atomic E-state index is -0.306. The first kappa shape index (κ1) is 22.0. The standard InChI is InChI=1S/C25H15BrClN3OS2/c26-14-11-12-20(18(13-14)24-28-21-9-1-2-10-22(21)33-24)29-25(32)30-23(31)17-7-3-6-16-15(17)5-4-8-19(16)27/h1-13H,(H2,29,30,31,32). The number of fused-ring (bicyclic) bond motifs is 2. The lowest BCUT2D eigenvalue weighted by Gasteiger charge is -2.14. The van der Waals surface area contributed by atoms with E-state index in [1.54, 1.807) is 29.5 Å². The minimum absolute atomic E-state index is 0.198. The van der Waals surface area contributed by atoms with Crippen molar-refractivity contribution in [2.45, 2.75) is 0 Å². The van der Waals surface area contributed by atoms with Crippen LogP contribution in [-0.2, 0) is 0 Å². The molecule has 8 heteroatoms. The van der Waals surface area contributed by atoms with Gasteiger partial charge in [-0.05, 0) is 60.1 Å². The number of hydrogen-bond acceptors (Lipinski definition) is 4. The topological polar surface area (TPSA) is 54.0 Å². The van der Waals surface area contributed by atoms with Crippen molar-refractivity contribution in [3.05, 3.63) is 93.9 Å². The molecule has 0 spiro atoms. The molecule has 5 rings (SSSR count). The molecule has 1 amide bonds. The van der Waals surface area contributed by atoms with Gasteiger partial charge in [-0.2, -0.15) is 0 Å². The highest BCUT2D eigenvalue weighted by Crippen LogP contribution is 2.36. The fourth-order valence-electron chi connectivity index (χ4n) is 3.58. The second kappa shape index (κ2) is 9.19. The van der Waals surface area contributed by atoms with Crippen molar-refractivity contribution < 1.29 is 4.79 Å². The van der Waals surface area contributed by atoms with Gasteiger partial charge in [-0.15, -0.1) is 11.3 Å². The highest BCUT2D eigenvalue weighted by atomic mass is 79.9. The third kappa shape index (κ3) is 4.50. The molecule has 0 aliphatic heterocycles. The SMILES string of the molecule is O=C(NC(=S)Nc1ccc(Br)cc1-c1nc2ccccc2s1)c1cccc2c(Cl)cccc12. The summed E-state index contributed by atoms with van der Waals surface area (Å²) in [6, 6.07) is 24.7. The van der Waals surface area contributed by atoms with Crippen molar-refractivity contribution in [3.63, 3.8) is 0 Å². The number of para-hydroxylation sites is 1. The van der Waals surface area contributed by atoms with Gasteiger partial charge < -0.3 is 5.32 Å².